The molecule has 1 aliphatic heterocycles. The Morgan fingerprint density at radius 2 is 1.56 bits per heavy atom. The van der Waals surface area contributed by atoms with Crippen LogP contribution in [0.3, 0.4) is 0 Å². The van der Waals surface area contributed by atoms with Crippen LogP contribution in [0.25, 0.3) is 0 Å². The Morgan fingerprint density at radius 1 is 0.875 bits per heavy atom. The SMILES string of the molecule is CC(=O)c1ccccc1NC(=O)c1ccc(N2CCCN(Cc3ccccc3)C2=O)cc1. The van der Waals surface area contributed by atoms with Crippen LogP contribution in [0, 0.1) is 0 Å². The zero-order valence-corrected chi connectivity index (χ0v) is 18.0. The molecule has 0 aliphatic carbocycles. The number of urea groups is 1. The number of hydrogen-bond donors (Lipinski definition) is 1. The third kappa shape index (κ3) is 4.70. The molecule has 1 aliphatic rings. The van der Waals surface area contributed by atoms with Gasteiger partial charge < -0.3 is 10.2 Å². The molecule has 0 aromatic heterocycles. The summed E-state index contributed by atoms with van der Waals surface area (Å²) in [5.74, 6) is -0.416. The number of Topliss-reactive ketones (excluding diaryl/α,β-unsaturated/α-hetero) is 1. The quantitative estimate of drug-likeness (QED) is 0.565. The minimum absolute atomic E-state index is 0.0345. The number of ketones is 1. The molecule has 3 amide bonds. The maximum Gasteiger partial charge on any atom is 0.324 e. The van der Waals surface area contributed by atoms with Crippen LogP contribution in [-0.4, -0.2) is 35.7 Å². The molecule has 0 atom stereocenters. The van der Waals surface area contributed by atoms with Gasteiger partial charge in [0.2, 0.25) is 0 Å². The van der Waals surface area contributed by atoms with Crippen LogP contribution >= 0.6 is 0 Å². The second kappa shape index (κ2) is 9.47. The summed E-state index contributed by atoms with van der Waals surface area (Å²) in [6.45, 7) is 3.41. The van der Waals surface area contributed by atoms with Gasteiger partial charge in [-0.25, -0.2) is 4.79 Å². The highest BCUT2D eigenvalue weighted by atomic mass is 16.2. The van der Waals surface area contributed by atoms with Crippen LogP contribution in [0.4, 0.5) is 16.2 Å². The Bertz CT molecular complexity index is 1130. The van der Waals surface area contributed by atoms with Gasteiger partial charge in [0.1, 0.15) is 0 Å². The predicted molar refractivity (Wildman–Crippen MR) is 125 cm³/mol. The molecule has 0 radical (unpaired) electrons. The number of carbonyl (C=O) groups excluding carboxylic acids is 3. The highest BCUT2D eigenvalue weighted by molar-refractivity contribution is 6.09. The van der Waals surface area contributed by atoms with Crippen molar-refractivity contribution in [1.29, 1.82) is 0 Å². The Hall–Kier alpha value is -3.93. The summed E-state index contributed by atoms with van der Waals surface area (Å²) in [4.78, 5) is 41.1. The standard InChI is InChI=1S/C26H25N3O3/c1-19(30)23-10-5-6-11-24(23)27-25(31)21-12-14-22(15-13-21)29-17-7-16-28(26(29)32)18-20-8-3-2-4-9-20/h2-6,8-15H,7,16-18H2,1H3,(H,27,31). The molecule has 0 unspecified atom stereocenters. The van der Waals surface area contributed by atoms with Crippen molar-refractivity contribution in [2.75, 3.05) is 23.3 Å². The van der Waals surface area contributed by atoms with E-state index < -0.39 is 0 Å². The summed E-state index contributed by atoms with van der Waals surface area (Å²) in [5, 5.41) is 2.80. The maximum absolute atomic E-state index is 13.0. The topological polar surface area (TPSA) is 69.7 Å². The Balaban J connectivity index is 1.45. The van der Waals surface area contributed by atoms with Crippen LogP contribution in [0.2, 0.25) is 0 Å². The first-order valence-electron chi connectivity index (χ1n) is 10.6. The van der Waals surface area contributed by atoms with Gasteiger partial charge in [0, 0.05) is 36.4 Å². The lowest BCUT2D eigenvalue weighted by Gasteiger charge is -2.35. The average molecular weight is 428 g/mol. The van der Waals surface area contributed by atoms with Crippen LogP contribution in [0.5, 0.6) is 0 Å². The normalized spacial score (nSPS) is 13.7. The molecule has 6 heteroatoms. The number of carbonyl (C=O) groups is 3. The lowest BCUT2D eigenvalue weighted by Crippen LogP contribution is -2.49. The number of amides is 3. The molecular formula is C26H25N3O3. The van der Waals surface area contributed by atoms with E-state index in [2.05, 4.69) is 5.32 Å². The van der Waals surface area contributed by atoms with Gasteiger partial charge in [-0.2, -0.15) is 0 Å². The second-order valence-corrected chi connectivity index (χ2v) is 7.80. The summed E-state index contributed by atoms with van der Waals surface area (Å²) in [6.07, 6.45) is 0.878. The molecule has 1 heterocycles. The fraction of sp³-hybridized carbons (Fsp3) is 0.192. The molecule has 4 rings (SSSR count). The zero-order chi connectivity index (χ0) is 22.5. The van der Waals surface area contributed by atoms with E-state index in [9.17, 15) is 14.4 Å². The molecule has 3 aromatic rings. The largest absolute Gasteiger partial charge is 0.324 e. The lowest BCUT2D eigenvalue weighted by molar-refractivity contribution is 0.101. The van der Waals surface area contributed by atoms with Crippen molar-refractivity contribution in [1.82, 2.24) is 4.90 Å². The van der Waals surface area contributed by atoms with Gasteiger partial charge >= 0.3 is 6.03 Å². The van der Waals surface area contributed by atoms with Crippen molar-refractivity contribution >= 4 is 29.1 Å². The van der Waals surface area contributed by atoms with Crippen molar-refractivity contribution in [3.63, 3.8) is 0 Å². The molecule has 0 bridgehead atoms. The lowest BCUT2D eigenvalue weighted by atomic mass is 10.1. The van der Waals surface area contributed by atoms with Crippen LogP contribution in [0.15, 0.2) is 78.9 Å². The van der Waals surface area contributed by atoms with E-state index in [1.54, 1.807) is 53.4 Å². The van der Waals surface area contributed by atoms with Crippen molar-refractivity contribution in [2.45, 2.75) is 19.9 Å². The van der Waals surface area contributed by atoms with Gasteiger partial charge in [0.25, 0.3) is 5.91 Å². The Labute approximate surface area is 187 Å². The summed E-state index contributed by atoms with van der Waals surface area (Å²) < 4.78 is 0. The minimum atomic E-state index is -0.305. The molecule has 1 N–H and O–H groups in total. The highest BCUT2D eigenvalue weighted by Gasteiger charge is 2.27. The number of benzene rings is 3. The summed E-state index contributed by atoms with van der Waals surface area (Å²) in [6, 6.07) is 23.8. The van der Waals surface area contributed by atoms with Crippen molar-refractivity contribution in [3.8, 4) is 0 Å². The monoisotopic (exact) mass is 427 g/mol. The molecule has 1 fully saturated rings. The van der Waals surface area contributed by atoms with Crippen LogP contribution in [0.1, 0.15) is 39.6 Å². The number of hydrogen-bond acceptors (Lipinski definition) is 3. The average Bonchev–Trinajstić information content (AvgIpc) is 2.81. The van der Waals surface area contributed by atoms with Gasteiger partial charge in [0.05, 0.1) is 5.69 Å². The van der Waals surface area contributed by atoms with Gasteiger partial charge in [-0.15, -0.1) is 0 Å². The third-order valence-corrected chi connectivity index (χ3v) is 5.52. The summed E-state index contributed by atoms with van der Waals surface area (Å²) in [5.41, 5.74) is 3.26. The van der Waals surface area contributed by atoms with Crippen LogP contribution in [-0.2, 0) is 6.54 Å². The molecule has 162 valence electrons. The van der Waals surface area contributed by atoms with Crippen molar-refractivity contribution < 1.29 is 14.4 Å². The second-order valence-electron chi connectivity index (χ2n) is 7.80. The smallest absolute Gasteiger partial charge is 0.321 e. The first-order chi connectivity index (χ1) is 15.5. The van der Waals surface area contributed by atoms with Crippen molar-refractivity contribution in [3.05, 3.63) is 95.6 Å². The number of nitrogens with one attached hydrogen (secondary N) is 1. The van der Waals surface area contributed by atoms with Gasteiger partial charge in [-0.05, 0) is 55.3 Å². The summed E-state index contributed by atoms with van der Waals surface area (Å²) >= 11 is 0. The van der Waals surface area contributed by atoms with E-state index in [-0.39, 0.29) is 17.7 Å². The number of anilines is 2. The zero-order valence-electron chi connectivity index (χ0n) is 18.0. The fourth-order valence-corrected chi connectivity index (χ4v) is 3.86. The third-order valence-electron chi connectivity index (χ3n) is 5.52. The van der Waals surface area contributed by atoms with Gasteiger partial charge in [-0.1, -0.05) is 42.5 Å². The number of rotatable bonds is 6. The fourth-order valence-electron chi connectivity index (χ4n) is 3.86. The molecule has 3 aromatic carbocycles. The highest BCUT2D eigenvalue weighted by Crippen LogP contribution is 2.23. The van der Waals surface area contributed by atoms with E-state index in [4.69, 9.17) is 0 Å². The van der Waals surface area contributed by atoms with E-state index in [0.717, 1.165) is 24.2 Å². The number of nitrogens with zero attached hydrogens (tertiary/aromatic N) is 2. The molecule has 32 heavy (non-hydrogen) atoms. The van der Waals surface area contributed by atoms with Crippen molar-refractivity contribution in [2.24, 2.45) is 0 Å². The van der Waals surface area contributed by atoms with Gasteiger partial charge in [0.15, 0.2) is 5.78 Å². The Morgan fingerprint density at radius 3 is 2.28 bits per heavy atom. The molecule has 0 spiro atoms. The van der Waals surface area contributed by atoms with E-state index in [1.807, 2.05) is 35.2 Å². The predicted octanol–water partition coefficient (Wildman–Crippen LogP) is 4.97. The van der Waals surface area contributed by atoms with E-state index in [1.165, 1.54) is 6.92 Å². The van der Waals surface area contributed by atoms with E-state index >= 15 is 0 Å². The summed E-state index contributed by atoms with van der Waals surface area (Å²) in [7, 11) is 0. The molecule has 6 nitrogen and oxygen atoms in total. The molecule has 0 saturated carbocycles. The number of para-hydroxylation sites is 1. The molecule has 1 saturated heterocycles. The van der Waals surface area contributed by atoms with E-state index in [0.29, 0.717) is 29.9 Å². The first-order valence-corrected chi connectivity index (χ1v) is 10.6. The minimum Gasteiger partial charge on any atom is -0.321 e. The molecular weight excluding hydrogens is 402 g/mol. The first kappa shape index (κ1) is 21.3. The Kier molecular flexibility index (Phi) is 6.31. The van der Waals surface area contributed by atoms with Crippen LogP contribution < -0.4 is 10.2 Å². The van der Waals surface area contributed by atoms with Gasteiger partial charge in [-0.3, -0.25) is 14.5 Å². The maximum atomic E-state index is 13.0.